The van der Waals surface area contributed by atoms with Gasteiger partial charge in [0.05, 0.1) is 16.7 Å². The van der Waals surface area contributed by atoms with E-state index >= 15 is 0 Å². The van der Waals surface area contributed by atoms with Gasteiger partial charge in [0, 0.05) is 15.6 Å². The van der Waals surface area contributed by atoms with Crippen LogP contribution in [0.4, 0.5) is 0 Å². The minimum absolute atomic E-state index is 0.454. The van der Waals surface area contributed by atoms with Gasteiger partial charge in [0.2, 0.25) is 0 Å². The van der Waals surface area contributed by atoms with Gasteiger partial charge in [-0.15, -0.1) is 0 Å². The van der Waals surface area contributed by atoms with Crippen LogP contribution in [0.5, 0.6) is 0 Å². The summed E-state index contributed by atoms with van der Waals surface area (Å²) in [5, 5.41) is 11.1. The standard InChI is InChI=1S/C19H10Cl3NO/c20-14-3-1-2-12(8-14)13(11-23)9-16-5-7-19(24-16)17-10-15(21)4-6-18(17)22/h1-10H/b13-9+. The third-order valence-electron chi connectivity index (χ3n) is 3.36. The number of furan rings is 1. The monoisotopic (exact) mass is 373 g/mol. The molecule has 0 N–H and O–H groups in total. The first kappa shape index (κ1) is 16.7. The van der Waals surface area contributed by atoms with Gasteiger partial charge in [0.15, 0.2) is 0 Å². The summed E-state index contributed by atoms with van der Waals surface area (Å²) in [4.78, 5) is 0. The van der Waals surface area contributed by atoms with Crippen LogP contribution in [0.25, 0.3) is 23.0 Å². The second-order valence-electron chi connectivity index (χ2n) is 5.01. The highest BCUT2D eigenvalue weighted by atomic mass is 35.5. The Morgan fingerprint density at radius 2 is 1.75 bits per heavy atom. The Labute approximate surface area is 154 Å². The SMILES string of the molecule is N#C/C(=C\c1ccc(-c2cc(Cl)ccc2Cl)o1)c1cccc(Cl)c1. The zero-order chi connectivity index (χ0) is 17.1. The van der Waals surface area contributed by atoms with Crippen LogP contribution in [0.15, 0.2) is 59.0 Å². The molecule has 0 aliphatic heterocycles. The van der Waals surface area contributed by atoms with Gasteiger partial charge in [-0.25, -0.2) is 0 Å². The van der Waals surface area contributed by atoms with E-state index in [4.69, 9.17) is 39.2 Å². The summed E-state index contributed by atoms with van der Waals surface area (Å²) in [6.45, 7) is 0. The predicted molar refractivity (Wildman–Crippen MR) is 99.1 cm³/mol. The molecule has 0 saturated heterocycles. The lowest BCUT2D eigenvalue weighted by Gasteiger charge is -2.01. The number of nitriles is 1. The van der Waals surface area contributed by atoms with Crippen molar-refractivity contribution in [3.8, 4) is 17.4 Å². The lowest BCUT2D eigenvalue weighted by Crippen LogP contribution is -1.81. The number of hydrogen-bond acceptors (Lipinski definition) is 2. The molecule has 0 aliphatic carbocycles. The van der Waals surface area contributed by atoms with Crippen LogP contribution in [-0.4, -0.2) is 0 Å². The zero-order valence-electron chi connectivity index (χ0n) is 12.3. The Hall–Kier alpha value is -2.18. The minimum atomic E-state index is 0.454. The normalized spacial score (nSPS) is 11.3. The van der Waals surface area contributed by atoms with Crippen LogP contribution in [-0.2, 0) is 0 Å². The summed E-state index contributed by atoms with van der Waals surface area (Å²) in [7, 11) is 0. The molecular formula is C19H10Cl3NO. The Morgan fingerprint density at radius 1 is 0.958 bits per heavy atom. The van der Waals surface area contributed by atoms with E-state index in [2.05, 4.69) is 6.07 Å². The van der Waals surface area contributed by atoms with E-state index in [9.17, 15) is 5.26 Å². The lowest BCUT2D eigenvalue weighted by molar-refractivity contribution is 0.572. The van der Waals surface area contributed by atoms with Gasteiger partial charge in [-0.05, 0) is 54.1 Å². The largest absolute Gasteiger partial charge is 0.457 e. The highest BCUT2D eigenvalue weighted by Gasteiger charge is 2.10. The highest BCUT2D eigenvalue weighted by Crippen LogP contribution is 2.32. The first-order valence-electron chi connectivity index (χ1n) is 7.00. The summed E-state index contributed by atoms with van der Waals surface area (Å²) >= 11 is 18.2. The molecule has 1 heterocycles. The van der Waals surface area contributed by atoms with Gasteiger partial charge < -0.3 is 4.42 Å². The van der Waals surface area contributed by atoms with E-state index in [-0.39, 0.29) is 0 Å². The molecule has 24 heavy (non-hydrogen) atoms. The highest BCUT2D eigenvalue weighted by molar-refractivity contribution is 6.35. The van der Waals surface area contributed by atoms with Crippen molar-refractivity contribution in [2.75, 3.05) is 0 Å². The molecular weight excluding hydrogens is 365 g/mol. The summed E-state index contributed by atoms with van der Waals surface area (Å²) in [6, 6.07) is 18.0. The molecule has 0 atom stereocenters. The van der Waals surface area contributed by atoms with Crippen LogP contribution in [0.1, 0.15) is 11.3 Å². The lowest BCUT2D eigenvalue weighted by atomic mass is 10.1. The van der Waals surface area contributed by atoms with Crippen molar-refractivity contribution in [1.82, 2.24) is 0 Å². The molecule has 3 aromatic rings. The number of allylic oxidation sites excluding steroid dienone is 1. The molecule has 1 aromatic heterocycles. The van der Waals surface area contributed by atoms with Gasteiger partial charge in [-0.3, -0.25) is 0 Å². The summed E-state index contributed by atoms with van der Waals surface area (Å²) < 4.78 is 5.79. The number of nitrogens with zero attached hydrogens (tertiary/aromatic N) is 1. The summed E-state index contributed by atoms with van der Waals surface area (Å²) in [5.74, 6) is 1.12. The fraction of sp³-hybridized carbons (Fsp3) is 0. The average Bonchev–Trinajstić information content (AvgIpc) is 3.03. The first-order valence-corrected chi connectivity index (χ1v) is 8.13. The number of benzene rings is 2. The first-order chi connectivity index (χ1) is 11.6. The maximum atomic E-state index is 9.39. The number of halogens is 3. The van der Waals surface area contributed by atoms with Crippen molar-refractivity contribution in [1.29, 1.82) is 5.26 Å². The van der Waals surface area contributed by atoms with E-state index in [1.54, 1.807) is 54.6 Å². The third kappa shape index (κ3) is 3.66. The number of hydrogen-bond donors (Lipinski definition) is 0. The van der Waals surface area contributed by atoms with Gasteiger partial charge in [0.1, 0.15) is 11.5 Å². The quantitative estimate of drug-likeness (QED) is 0.464. The maximum Gasteiger partial charge on any atom is 0.136 e. The Kier molecular flexibility index (Phi) is 4.97. The van der Waals surface area contributed by atoms with E-state index in [1.165, 1.54) is 0 Å². The van der Waals surface area contributed by atoms with Crippen molar-refractivity contribution in [3.05, 3.63) is 81.0 Å². The molecule has 3 rings (SSSR count). The molecule has 118 valence electrons. The predicted octanol–water partition coefficient (Wildman–Crippen LogP) is 6.97. The maximum absolute atomic E-state index is 9.39. The fourth-order valence-corrected chi connectivity index (χ4v) is 2.81. The van der Waals surface area contributed by atoms with Crippen LogP contribution >= 0.6 is 34.8 Å². The second kappa shape index (κ2) is 7.15. The van der Waals surface area contributed by atoms with Crippen LogP contribution in [0.2, 0.25) is 15.1 Å². The van der Waals surface area contributed by atoms with Crippen LogP contribution < -0.4 is 0 Å². The molecule has 0 spiro atoms. The molecule has 2 aromatic carbocycles. The van der Waals surface area contributed by atoms with Crippen molar-refractivity contribution < 1.29 is 4.42 Å². The van der Waals surface area contributed by atoms with Crippen molar-refractivity contribution in [3.63, 3.8) is 0 Å². The smallest absolute Gasteiger partial charge is 0.136 e. The Morgan fingerprint density at radius 3 is 2.50 bits per heavy atom. The van der Waals surface area contributed by atoms with E-state index < -0.39 is 0 Å². The topological polar surface area (TPSA) is 36.9 Å². The molecule has 0 amide bonds. The van der Waals surface area contributed by atoms with Crippen molar-refractivity contribution >= 4 is 46.5 Å². The zero-order valence-corrected chi connectivity index (χ0v) is 14.5. The van der Waals surface area contributed by atoms with E-state index in [0.717, 1.165) is 5.56 Å². The molecule has 0 radical (unpaired) electrons. The Bertz CT molecular complexity index is 967. The molecule has 5 heteroatoms. The van der Waals surface area contributed by atoms with Gasteiger partial charge in [-0.2, -0.15) is 5.26 Å². The molecule has 2 nitrogen and oxygen atoms in total. The van der Waals surface area contributed by atoms with Gasteiger partial charge in [0.25, 0.3) is 0 Å². The van der Waals surface area contributed by atoms with Gasteiger partial charge in [-0.1, -0.05) is 46.9 Å². The second-order valence-corrected chi connectivity index (χ2v) is 6.29. The molecule has 0 aliphatic rings. The van der Waals surface area contributed by atoms with E-state index in [1.807, 2.05) is 6.07 Å². The molecule has 0 fully saturated rings. The molecule has 0 saturated carbocycles. The molecule has 0 bridgehead atoms. The van der Waals surface area contributed by atoms with Crippen molar-refractivity contribution in [2.45, 2.75) is 0 Å². The van der Waals surface area contributed by atoms with E-state index in [0.29, 0.717) is 37.7 Å². The van der Waals surface area contributed by atoms with Gasteiger partial charge >= 0.3 is 0 Å². The summed E-state index contributed by atoms with van der Waals surface area (Å²) in [5.41, 5.74) is 1.88. The summed E-state index contributed by atoms with van der Waals surface area (Å²) in [6.07, 6.45) is 1.66. The average molecular weight is 375 g/mol. The molecule has 0 unspecified atom stereocenters. The van der Waals surface area contributed by atoms with Crippen LogP contribution in [0.3, 0.4) is 0 Å². The minimum Gasteiger partial charge on any atom is -0.457 e. The van der Waals surface area contributed by atoms with Crippen molar-refractivity contribution in [2.24, 2.45) is 0 Å². The Balaban J connectivity index is 1.98. The third-order valence-corrected chi connectivity index (χ3v) is 4.16. The number of rotatable bonds is 3. The fourth-order valence-electron chi connectivity index (χ4n) is 2.24. The van der Waals surface area contributed by atoms with Crippen LogP contribution in [0, 0.1) is 11.3 Å².